The Balaban J connectivity index is 0.974. The maximum absolute atomic E-state index is 12.8. The average molecular weight is 1120 g/mol. The minimum absolute atomic E-state index is 0.0339. The van der Waals surface area contributed by atoms with E-state index in [0.717, 1.165) is 19.3 Å². The number of rotatable bonds is 13. The smallest absolute Gasteiger partial charge is 0.187 e. The molecular weight excluding hydrogens is 1030 g/mol. The molecule has 450 valence electrons. The topological polar surface area (TPSA) is 377 Å². The summed E-state index contributed by atoms with van der Waals surface area (Å²) in [5.41, 5.74) is -2.10. The van der Waals surface area contributed by atoms with Gasteiger partial charge in [0.05, 0.1) is 69.0 Å². The lowest BCUT2D eigenvalue weighted by molar-refractivity contribution is -0.398. The average Bonchev–Trinajstić information content (AvgIpc) is 3.49. The zero-order chi connectivity index (χ0) is 57.1. The van der Waals surface area contributed by atoms with Crippen molar-refractivity contribution in [2.24, 2.45) is 56.2 Å². The van der Waals surface area contributed by atoms with Crippen molar-refractivity contribution in [3.63, 3.8) is 0 Å². The maximum atomic E-state index is 12.8. The Morgan fingerprint density at radius 2 is 0.987 bits per heavy atom. The van der Waals surface area contributed by atoms with Crippen molar-refractivity contribution < 1.29 is 114 Å². The second kappa shape index (κ2) is 22.3. The third-order valence-electron chi connectivity index (χ3n) is 22.0. The predicted molar refractivity (Wildman–Crippen MR) is 269 cm³/mol. The molecule has 0 bridgehead atoms. The molecule has 8 fully saturated rings. The number of aliphatic hydroxyl groups excluding tert-OH is 15. The van der Waals surface area contributed by atoms with Crippen LogP contribution in [0.15, 0.2) is 11.6 Å². The molecule has 23 nitrogen and oxygen atoms in total. The van der Waals surface area contributed by atoms with Crippen LogP contribution >= 0.6 is 0 Å². The molecular formula is C55H92O23. The van der Waals surface area contributed by atoms with Crippen LogP contribution in [0.25, 0.3) is 0 Å². The predicted octanol–water partition coefficient (Wildman–Crippen LogP) is -2.35. The van der Waals surface area contributed by atoms with Gasteiger partial charge >= 0.3 is 0 Å². The third-order valence-corrected chi connectivity index (χ3v) is 22.0. The monoisotopic (exact) mass is 1120 g/mol. The van der Waals surface area contributed by atoms with Crippen LogP contribution in [0.4, 0.5) is 0 Å². The van der Waals surface area contributed by atoms with E-state index in [-0.39, 0.29) is 34.0 Å². The Morgan fingerprint density at radius 3 is 1.55 bits per heavy atom. The van der Waals surface area contributed by atoms with Crippen LogP contribution in [0.1, 0.15) is 107 Å². The fourth-order valence-corrected chi connectivity index (χ4v) is 17.1. The Morgan fingerprint density at radius 1 is 0.500 bits per heavy atom. The van der Waals surface area contributed by atoms with Gasteiger partial charge in [-0.05, 0) is 96.2 Å². The first kappa shape index (κ1) is 61.4. The van der Waals surface area contributed by atoms with Gasteiger partial charge < -0.3 is 114 Å². The van der Waals surface area contributed by atoms with Crippen LogP contribution in [0.3, 0.4) is 0 Å². The molecule has 5 aliphatic carbocycles. The summed E-state index contributed by atoms with van der Waals surface area (Å²) in [4.78, 5) is 0. The zero-order valence-corrected chi connectivity index (χ0v) is 46.3. The van der Waals surface area contributed by atoms with Gasteiger partial charge in [0, 0.05) is 5.92 Å². The molecule has 4 saturated heterocycles. The van der Waals surface area contributed by atoms with Gasteiger partial charge in [0.25, 0.3) is 0 Å². The Kier molecular flexibility index (Phi) is 17.6. The number of aliphatic hydroxyl groups is 15. The third kappa shape index (κ3) is 9.72. The highest BCUT2D eigenvalue weighted by molar-refractivity contribution is 5.36. The summed E-state index contributed by atoms with van der Waals surface area (Å²) in [7, 11) is 0. The van der Waals surface area contributed by atoms with Crippen LogP contribution in [0.2, 0.25) is 0 Å². The first-order valence-electron chi connectivity index (χ1n) is 28.3. The fraction of sp³-hybridized carbons (Fsp3) is 0.964. The van der Waals surface area contributed by atoms with E-state index in [1.54, 1.807) is 6.92 Å². The van der Waals surface area contributed by atoms with Gasteiger partial charge in [-0.15, -0.1) is 0 Å². The zero-order valence-electron chi connectivity index (χ0n) is 46.3. The highest BCUT2D eigenvalue weighted by Gasteiger charge is 2.72. The first-order chi connectivity index (χ1) is 36.5. The summed E-state index contributed by atoms with van der Waals surface area (Å²) >= 11 is 0. The van der Waals surface area contributed by atoms with Crippen molar-refractivity contribution in [2.45, 2.75) is 242 Å². The summed E-state index contributed by atoms with van der Waals surface area (Å²) in [6, 6.07) is 0. The van der Waals surface area contributed by atoms with Gasteiger partial charge in [-0.2, -0.15) is 0 Å². The van der Waals surface area contributed by atoms with Gasteiger partial charge in [0.1, 0.15) is 79.4 Å². The highest BCUT2D eigenvalue weighted by atomic mass is 16.8. The lowest BCUT2D eigenvalue weighted by atomic mass is 9.33. The normalized spacial score (nSPS) is 54.9. The molecule has 0 aromatic rings. The van der Waals surface area contributed by atoms with E-state index in [1.807, 2.05) is 0 Å². The molecule has 23 heteroatoms. The Hall–Kier alpha value is -1.18. The Labute approximate surface area is 456 Å². The maximum Gasteiger partial charge on any atom is 0.187 e. The van der Waals surface area contributed by atoms with Gasteiger partial charge in [-0.25, -0.2) is 0 Å². The number of hydrogen-bond acceptors (Lipinski definition) is 23. The highest BCUT2D eigenvalue weighted by Crippen LogP contribution is 2.76. The lowest BCUT2D eigenvalue weighted by Crippen LogP contribution is -2.70. The van der Waals surface area contributed by atoms with E-state index < -0.39 is 190 Å². The van der Waals surface area contributed by atoms with Crippen molar-refractivity contribution in [3.8, 4) is 0 Å². The summed E-state index contributed by atoms with van der Waals surface area (Å²) in [5, 5.41) is 164. The molecule has 4 saturated carbocycles. The molecule has 4 heterocycles. The number of hydrogen-bond donors (Lipinski definition) is 15. The molecule has 0 unspecified atom stereocenters. The first-order valence-corrected chi connectivity index (χ1v) is 28.3. The van der Waals surface area contributed by atoms with Crippen molar-refractivity contribution in [2.75, 3.05) is 33.0 Å². The summed E-state index contributed by atoms with van der Waals surface area (Å²) < 4.78 is 49.5. The van der Waals surface area contributed by atoms with Crippen LogP contribution in [-0.4, -0.2) is 245 Å². The van der Waals surface area contributed by atoms with Gasteiger partial charge in [-0.1, -0.05) is 67.0 Å². The van der Waals surface area contributed by atoms with Crippen LogP contribution in [0.5, 0.6) is 0 Å². The lowest BCUT2D eigenvalue weighted by Gasteiger charge is -2.72. The number of ether oxygens (including phenoxy) is 8. The standard InChI is InChI=1S/C55H92O23/c1-23-26(18-56)71-46(42(69)35(23)62)76-34-17-50(2,3)15-25-24-9-10-31-52(6)13-12-33(51(4,5)30(52)11-14-53(31,7)54(24,8)16-32(61)55(25,34)22-60)75-48-44(40(67)37(64)28(20-58)73-48)78-49-45(41(68)38(65)29(21-59)74-49)77-47-43(70)39(66)36(63)27(19-57)72-47/h9,23,25-49,56-70H,10-22H2,1-8H3/t23-,25-,26-,27+,28+,29+,30-,31+,32+,33-,34-,35+,36+,37+,38+,39-,40-,41-,42-,43+,44+,45+,46+,47-,48-,49-,52-,53+,54+,55-/m0/s1. The van der Waals surface area contributed by atoms with Crippen LogP contribution in [-0.2, 0) is 37.9 Å². The van der Waals surface area contributed by atoms with Crippen molar-refractivity contribution >= 4 is 0 Å². The molecule has 78 heavy (non-hydrogen) atoms. The largest absolute Gasteiger partial charge is 0.396 e. The van der Waals surface area contributed by atoms with E-state index in [4.69, 9.17) is 37.9 Å². The minimum Gasteiger partial charge on any atom is -0.396 e. The minimum atomic E-state index is -1.94. The van der Waals surface area contributed by atoms with E-state index >= 15 is 0 Å². The van der Waals surface area contributed by atoms with Crippen molar-refractivity contribution in [1.29, 1.82) is 0 Å². The van der Waals surface area contributed by atoms with E-state index in [0.29, 0.717) is 32.1 Å². The molecule has 0 spiro atoms. The molecule has 4 aliphatic heterocycles. The summed E-state index contributed by atoms with van der Waals surface area (Å²) in [6.07, 6.45) is -25.7. The van der Waals surface area contributed by atoms with E-state index in [1.165, 1.54) is 5.57 Å². The summed E-state index contributed by atoms with van der Waals surface area (Å²) in [5.74, 6) is -0.728. The Bertz CT molecular complexity index is 2100. The fourth-order valence-electron chi connectivity index (χ4n) is 17.1. The van der Waals surface area contributed by atoms with Crippen LogP contribution in [0, 0.1) is 56.2 Å². The molecule has 9 rings (SSSR count). The molecule has 0 radical (unpaired) electrons. The number of allylic oxidation sites excluding steroid dienone is 2. The van der Waals surface area contributed by atoms with Crippen LogP contribution < -0.4 is 0 Å². The van der Waals surface area contributed by atoms with Gasteiger partial charge in [0.2, 0.25) is 0 Å². The van der Waals surface area contributed by atoms with Crippen molar-refractivity contribution in [3.05, 3.63) is 11.6 Å². The summed E-state index contributed by atoms with van der Waals surface area (Å²) in [6.45, 7) is 14.1. The van der Waals surface area contributed by atoms with E-state index in [2.05, 4.69) is 54.5 Å². The number of fused-ring (bicyclic) bond motifs is 7. The molecule has 15 N–H and O–H groups in total. The molecule has 30 atom stereocenters. The van der Waals surface area contributed by atoms with E-state index in [9.17, 15) is 76.6 Å². The van der Waals surface area contributed by atoms with Crippen molar-refractivity contribution in [1.82, 2.24) is 0 Å². The molecule has 0 amide bonds. The second-order valence-corrected chi connectivity index (χ2v) is 26.9. The molecule has 9 aliphatic rings. The van der Waals surface area contributed by atoms with Gasteiger partial charge in [-0.3, -0.25) is 0 Å². The van der Waals surface area contributed by atoms with Gasteiger partial charge in [0.15, 0.2) is 25.2 Å². The quantitative estimate of drug-likeness (QED) is 0.0678. The molecule has 0 aromatic carbocycles. The second-order valence-electron chi connectivity index (χ2n) is 26.9. The SMILES string of the molecule is C[C@@H]1[C@@H](O)[C@H](O)[C@@H](O[C@H]2CC(C)(C)C[C@H]3C4=CC[C@@H]5[C@@]6(C)CC[C@H](O[C@@H]7O[C@H](CO)[C@@H](O)[C@H](O)[C@H]7O[C@@H]7O[C@H](CO)[C@@H](O)[C@H](O)[C@H]7O[C@@H]7O[C@H](CO)[C@@H](O)[C@H](O)[C@H]7O)C(C)(C)[C@@H]6CC[C@@]5(C)[C@]4(C)C[C@@H](O)[C@@]23CO)O[C@H]1CO. The molecule has 0 aromatic heterocycles.